The van der Waals surface area contributed by atoms with E-state index in [0.29, 0.717) is 5.75 Å². The van der Waals surface area contributed by atoms with Gasteiger partial charge in [0.25, 0.3) is 5.91 Å². The van der Waals surface area contributed by atoms with Gasteiger partial charge in [-0.15, -0.1) is 6.42 Å². The molecular formula is C22H25NO4. The second-order valence-electron chi connectivity index (χ2n) is 5.96. The summed E-state index contributed by atoms with van der Waals surface area (Å²) in [5.74, 6) is 4.28. The Morgan fingerprint density at radius 1 is 1.04 bits per heavy atom. The summed E-state index contributed by atoms with van der Waals surface area (Å²) in [7, 11) is 3.27. The summed E-state index contributed by atoms with van der Waals surface area (Å²) in [6.45, 7) is 0.162. The Labute approximate surface area is 160 Å². The van der Waals surface area contributed by atoms with Crippen LogP contribution in [0, 0.1) is 12.3 Å². The summed E-state index contributed by atoms with van der Waals surface area (Å²) in [5, 5.41) is 2.57. The molecule has 0 radical (unpaired) electrons. The fraction of sp³-hybridized carbons (Fsp3) is 0.318. The van der Waals surface area contributed by atoms with Crippen molar-refractivity contribution in [2.45, 2.75) is 19.3 Å². The highest BCUT2D eigenvalue weighted by Gasteiger charge is 2.06. The second kappa shape index (κ2) is 10.8. The van der Waals surface area contributed by atoms with Crippen LogP contribution >= 0.6 is 0 Å². The van der Waals surface area contributed by atoms with Crippen LogP contribution in [-0.4, -0.2) is 33.3 Å². The fourth-order valence-corrected chi connectivity index (χ4v) is 2.67. The summed E-state index contributed by atoms with van der Waals surface area (Å²) >= 11 is 0. The number of hydrogen-bond donors (Lipinski definition) is 1. The minimum absolute atomic E-state index is 0.0449. The number of carbonyl (C=O) groups is 1. The Balaban J connectivity index is 1.84. The zero-order valence-corrected chi connectivity index (χ0v) is 15.8. The summed E-state index contributed by atoms with van der Waals surface area (Å²) < 4.78 is 16.1. The molecule has 142 valence electrons. The van der Waals surface area contributed by atoms with Gasteiger partial charge in [0.1, 0.15) is 5.75 Å². The average molecular weight is 367 g/mol. The van der Waals surface area contributed by atoms with E-state index in [1.165, 1.54) is 5.56 Å². The van der Waals surface area contributed by atoms with Gasteiger partial charge in [-0.3, -0.25) is 4.79 Å². The van der Waals surface area contributed by atoms with Gasteiger partial charge in [0.05, 0.1) is 20.8 Å². The third kappa shape index (κ3) is 6.59. The van der Waals surface area contributed by atoms with Crippen LogP contribution in [0.2, 0.25) is 0 Å². The molecule has 5 nitrogen and oxygen atoms in total. The zero-order chi connectivity index (χ0) is 19.5. The minimum Gasteiger partial charge on any atom is -0.493 e. The Hall–Kier alpha value is -3.13. The van der Waals surface area contributed by atoms with Crippen LogP contribution in [0.5, 0.6) is 17.2 Å². The lowest BCUT2D eigenvalue weighted by Crippen LogP contribution is -2.29. The van der Waals surface area contributed by atoms with Crippen LogP contribution in [0.1, 0.15) is 17.5 Å². The van der Waals surface area contributed by atoms with E-state index < -0.39 is 0 Å². The van der Waals surface area contributed by atoms with Gasteiger partial charge in [0.15, 0.2) is 18.1 Å². The first-order valence-electron chi connectivity index (χ1n) is 8.79. The first-order chi connectivity index (χ1) is 13.2. The molecule has 0 saturated carbocycles. The number of hydrogen-bond acceptors (Lipinski definition) is 4. The van der Waals surface area contributed by atoms with Crippen LogP contribution in [0.15, 0.2) is 42.5 Å². The number of carbonyl (C=O) groups excluding carboxylic acids is 1. The third-order valence-corrected chi connectivity index (χ3v) is 4.03. The summed E-state index contributed by atoms with van der Waals surface area (Å²) in [6.07, 6.45) is 7.93. The molecule has 0 spiro atoms. The van der Waals surface area contributed by atoms with Gasteiger partial charge in [-0.25, -0.2) is 0 Å². The molecule has 2 aromatic rings. The van der Waals surface area contributed by atoms with E-state index in [0.717, 1.165) is 36.3 Å². The van der Waals surface area contributed by atoms with Gasteiger partial charge in [0, 0.05) is 0 Å². The molecule has 0 atom stereocenters. The molecule has 0 fully saturated rings. The molecule has 0 saturated heterocycles. The van der Waals surface area contributed by atoms with Crippen molar-refractivity contribution >= 4 is 5.91 Å². The minimum atomic E-state index is -0.230. The molecule has 1 amide bonds. The molecule has 2 aromatic carbocycles. The Morgan fingerprint density at radius 3 is 2.48 bits per heavy atom. The van der Waals surface area contributed by atoms with Crippen molar-refractivity contribution in [2.75, 3.05) is 27.4 Å². The monoisotopic (exact) mass is 367 g/mol. The van der Waals surface area contributed by atoms with Gasteiger partial charge in [-0.1, -0.05) is 24.1 Å². The molecule has 0 unspecified atom stereocenters. The molecule has 5 heteroatoms. The predicted molar refractivity (Wildman–Crippen MR) is 105 cm³/mol. The van der Waals surface area contributed by atoms with Gasteiger partial charge in [-0.2, -0.15) is 0 Å². The summed E-state index contributed by atoms with van der Waals surface area (Å²) in [4.78, 5) is 11.5. The molecule has 0 bridgehead atoms. The zero-order valence-electron chi connectivity index (χ0n) is 15.8. The number of aryl methyl sites for hydroxylation is 2. The van der Waals surface area contributed by atoms with E-state index >= 15 is 0 Å². The second-order valence-corrected chi connectivity index (χ2v) is 5.96. The molecule has 0 aromatic heterocycles. The molecule has 1 N–H and O–H groups in total. The SMILES string of the molecule is C#CCNC(=O)COc1cccc(CCCc2ccc(OC)c(OC)c2)c1. The number of rotatable bonds is 10. The summed E-state index contributed by atoms with van der Waals surface area (Å²) in [5.41, 5.74) is 2.36. The van der Waals surface area contributed by atoms with Crippen molar-refractivity contribution in [1.29, 1.82) is 0 Å². The lowest BCUT2D eigenvalue weighted by molar-refractivity contribution is -0.122. The summed E-state index contributed by atoms with van der Waals surface area (Å²) in [6, 6.07) is 13.8. The van der Waals surface area contributed by atoms with Gasteiger partial charge in [-0.05, 0) is 54.7 Å². The average Bonchev–Trinajstić information content (AvgIpc) is 2.70. The number of benzene rings is 2. The van der Waals surface area contributed by atoms with Crippen molar-refractivity contribution in [2.24, 2.45) is 0 Å². The van der Waals surface area contributed by atoms with Gasteiger partial charge >= 0.3 is 0 Å². The third-order valence-electron chi connectivity index (χ3n) is 4.03. The van der Waals surface area contributed by atoms with Crippen molar-refractivity contribution in [3.8, 4) is 29.6 Å². The number of ether oxygens (including phenoxy) is 3. The van der Waals surface area contributed by atoms with Crippen LogP contribution < -0.4 is 19.5 Å². The lowest BCUT2D eigenvalue weighted by atomic mass is 10.0. The highest BCUT2D eigenvalue weighted by Crippen LogP contribution is 2.28. The maximum Gasteiger partial charge on any atom is 0.258 e. The predicted octanol–water partition coefficient (Wildman–Crippen LogP) is 3.01. The first-order valence-corrected chi connectivity index (χ1v) is 8.79. The van der Waals surface area contributed by atoms with Crippen LogP contribution in [-0.2, 0) is 17.6 Å². The molecule has 0 heterocycles. The smallest absolute Gasteiger partial charge is 0.258 e. The molecule has 0 aliphatic rings. The Morgan fingerprint density at radius 2 is 1.78 bits per heavy atom. The van der Waals surface area contributed by atoms with Crippen LogP contribution in [0.3, 0.4) is 0 Å². The maximum atomic E-state index is 11.5. The highest BCUT2D eigenvalue weighted by molar-refractivity contribution is 5.77. The number of amides is 1. The molecule has 0 aliphatic carbocycles. The van der Waals surface area contributed by atoms with E-state index in [2.05, 4.69) is 23.4 Å². The molecule has 0 aliphatic heterocycles. The van der Waals surface area contributed by atoms with Crippen LogP contribution in [0.4, 0.5) is 0 Å². The molecule has 2 rings (SSSR count). The number of nitrogens with one attached hydrogen (secondary N) is 1. The number of methoxy groups -OCH3 is 2. The molecule has 27 heavy (non-hydrogen) atoms. The van der Waals surface area contributed by atoms with Gasteiger partial charge < -0.3 is 19.5 Å². The normalized spacial score (nSPS) is 9.96. The number of terminal acetylenes is 1. The lowest BCUT2D eigenvalue weighted by Gasteiger charge is -2.10. The van der Waals surface area contributed by atoms with E-state index in [4.69, 9.17) is 20.6 Å². The standard InChI is InChI=1S/C22H25NO4/c1-4-13-23-22(24)16-27-19-10-6-9-17(14-19)7-5-8-18-11-12-20(25-2)21(15-18)26-3/h1,6,9-12,14-15H,5,7-8,13,16H2,2-3H3,(H,23,24). The van der Waals surface area contributed by atoms with Crippen molar-refractivity contribution < 1.29 is 19.0 Å². The van der Waals surface area contributed by atoms with E-state index in [1.54, 1.807) is 14.2 Å². The Kier molecular flexibility index (Phi) is 8.05. The van der Waals surface area contributed by atoms with Crippen molar-refractivity contribution in [3.05, 3.63) is 53.6 Å². The van der Waals surface area contributed by atoms with Gasteiger partial charge in [0.2, 0.25) is 0 Å². The fourth-order valence-electron chi connectivity index (χ4n) is 2.67. The quantitative estimate of drug-likeness (QED) is 0.656. The van der Waals surface area contributed by atoms with E-state index in [1.807, 2.05) is 30.3 Å². The largest absolute Gasteiger partial charge is 0.493 e. The maximum absolute atomic E-state index is 11.5. The van der Waals surface area contributed by atoms with Crippen molar-refractivity contribution in [1.82, 2.24) is 5.32 Å². The van der Waals surface area contributed by atoms with Crippen LogP contribution in [0.25, 0.3) is 0 Å². The van der Waals surface area contributed by atoms with Crippen molar-refractivity contribution in [3.63, 3.8) is 0 Å². The van der Waals surface area contributed by atoms with E-state index in [-0.39, 0.29) is 19.1 Å². The first kappa shape index (κ1) is 20.2. The highest BCUT2D eigenvalue weighted by atomic mass is 16.5. The Bertz CT molecular complexity index is 795. The van der Waals surface area contributed by atoms with E-state index in [9.17, 15) is 4.79 Å². The topological polar surface area (TPSA) is 56.8 Å². The molecular weight excluding hydrogens is 342 g/mol.